The molecule has 6 N–H and O–H groups in total. The zero-order chi connectivity index (χ0) is 5.41. The van der Waals surface area contributed by atoms with Crippen molar-refractivity contribution in [3.05, 3.63) is 0 Å². The van der Waals surface area contributed by atoms with Gasteiger partial charge in [0, 0.05) is 7.11 Å². The predicted octanol–water partition coefficient (Wildman–Crippen LogP) is -1.26. The van der Waals surface area contributed by atoms with Crippen LogP contribution in [0.5, 0.6) is 0 Å². The molecule has 0 spiro atoms. The molecule has 4 nitrogen and oxygen atoms in total. The van der Waals surface area contributed by atoms with Crippen molar-refractivity contribution in [2.75, 3.05) is 20.3 Å². The van der Waals surface area contributed by atoms with E-state index in [1.165, 1.54) is 0 Å². The molecule has 0 aromatic rings. The van der Waals surface area contributed by atoms with Gasteiger partial charge in [-0.05, 0) is 0 Å². The molecule has 0 bridgehead atoms. The Morgan fingerprint density at radius 2 is 1.14 bits per heavy atom. The van der Waals surface area contributed by atoms with Crippen molar-refractivity contribution >= 4 is 0 Å². The summed E-state index contributed by atoms with van der Waals surface area (Å²) in [5.41, 5.74) is 0. The van der Waals surface area contributed by atoms with Crippen LogP contribution in [-0.2, 0) is 0 Å². The topological polar surface area (TPSA) is 95.7 Å². The molecule has 0 aromatic heterocycles. The van der Waals surface area contributed by atoms with E-state index in [1.807, 2.05) is 0 Å². The molecule has 0 rings (SSSR count). The molecule has 0 aliphatic carbocycles. The van der Waals surface area contributed by atoms with Gasteiger partial charge in [0.25, 0.3) is 0 Å². The summed E-state index contributed by atoms with van der Waals surface area (Å²) >= 11 is 0. The summed E-state index contributed by atoms with van der Waals surface area (Å²) in [4.78, 5) is 0. The number of hydrogen-bond acceptors (Lipinski definition) is 4. The lowest BCUT2D eigenvalue weighted by molar-refractivity contribution is 0.186. The molecule has 0 amide bonds. The predicted molar refractivity (Wildman–Crippen MR) is 27.3 cm³/mol. The highest BCUT2D eigenvalue weighted by Gasteiger charge is 1.58. The van der Waals surface area contributed by atoms with Crippen LogP contribution in [0.1, 0.15) is 0 Å². The average molecular weight is 111 g/mol. The second kappa shape index (κ2) is 40.4. The van der Waals surface area contributed by atoms with Crippen LogP contribution in [0.4, 0.5) is 0 Å². The van der Waals surface area contributed by atoms with Crippen LogP contribution in [-0.4, -0.2) is 35.6 Å². The van der Waals surface area contributed by atoms with E-state index < -0.39 is 0 Å². The highest BCUT2D eigenvalue weighted by molar-refractivity contribution is 4.06. The van der Waals surface area contributed by atoms with Gasteiger partial charge in [0.05, 0.1) is 13.2 Å². The first-order chi connectivity index (χ1) is 2.91. The zero-order valence-electron chi connectivity index (χ0n) is 4.46. The van der Waals surface area contributed by atoms with Crippen molar-refractivity contribution in [2.24, 2.45) is 0 Å². The van der Waals surface area contributed by atoms with Crippen molar-refractivity contribution in [2.45, 2.75) is 0 Å². The summed E-state index contributed by atoms with van der Waals surface area (Å²) in [5, 5.41) is 22.2. The Labute approximate surface area is 43.0 Å². The van der Waals surface area contributed by atoms with Crippen LogP contribution in [0.15, 0.2) is 0 Å². The van der Waals surface area contributed by atoms with E-state index in [0.717, 1.165) is 7.11 Å². The van der Waals surface area contributed by atoms with Gasteiger partial charge in [0.1, 0.15) is 0 Å². The molecule has 0 unspecified atom stereocenters. The average Bonchev–Trinajstić information content (AvgIpc) is 1.72. The molecule has 0 radical (unpaired) electrons. The van der Waals surface area contributed by atoms with Gasteiger partial charge in [-0.15, -0.1) is 0 Å². The first-order valence-corrected chi connectivity index (χ1v) is 1.58. The zero-order valence-corrected chi connectivity index (χ0v) is 4.46. The smallest absolute Gasteiger partial charge is 0.0662 e. The fourth-order valence-corrected chi connectivity index (χ4v) is 0. The van der Waals surface area contributed by atoms with Crippen LogP contribution in [0.2, 0.25) is 0 Å². The van der Waals surface area contributed by atoms with Gasteiger partial charge in [-0.25, -0.2) is 0 Å². The normalized spacial score (nSPS) is 5.14. The maximum Gasteiger partial charge on any atom is 0.0662 e. The third-order valence-corrected chi connectivity index (χ3v) is 0.1000. The maximum absolute atomic E-state index is 7.62. The molecule has 0 aromatic carbocycles. The number of rotatable bonds is 1. The lowest BCUT2D eigenvalue weighted by atomic mass is 10.8. The summed E-state index contributed by atoms with van der Waals surface area (Å²) in [5.74, 6) is 0. The highest BCUT2D eigenvalue weighted by atomic mass is 16.3. The molecule has 0 saturated carbocycles. The Hall–Kier alpha value is -0.160. The van der Waals surface area contributed by atoms with Gasteiger partial charge in [-0.1, -0.05) is 0 Å². The third-order valence-electron chi connectivity index (χ3n) is 0.1000. The summed E-state index contributed by atoms with van der Waals surface area (Å²) in [6, 6.07) is 0. The Kier molecular flexibility index (Phi) is 91.3. The highest BCUT2D eigenvalue weighted by Crippen LogP contribution is 1.39. The molecule has 0 saturated heterocycles. The summed E-state index contributed by atoms with van der Waals surface area (Å²) in [6.45, 7) is -0.250. The monoisotopic (exact) mass is 111 g/mol. The van der Waals surface area contributed by atoms with E-state index in [2.05, 4.69) is 0 Å². The van der Waals surface area contributed by atoms with E-state index in [9.17, 15) is 0 Å². The SMILES string of the molecule is CO.N.OCCO. The molecule has 7 heavy (non-hydrogen) atoms. The van der Waals surface area contributed by atoms with Gasteiger partial charge in [-0.2, -0.15) is 0 Å². The van der Waals surface area contributed by atoms with E-state index in [1.54, 1.807) is 0 Å². The van der Waals surface area contributed by atoms with Crippen LogP contribution < -0.4 is 6.15 Å². The summed E-state index contributed by atoms with van der Waals surface area (Å²) in [7, 11) is 1.00. The minimum absolute atomic E-state index is 0. The molecule has 48 valence electrons. The van der Waals surface area contributed by atoms with Crippen LogP contribution in [0, 0.1) is 0 Å². The van der Waals surface area contributed by atoms with Crippen LogP contribution >= 0.6 is 0 Å². The van der Waals surface area contributed by atoms with Crippen LogP contribution in [0.3, 0.4) is 0 Å². The molecular weight excluding hydrogens is 98.0 g/mol. The Morgan fingerprint density at radius 3 is 1.14 bits per heavy atom. The van der Waals surface area contributed by atoms with Crippen LogP contribution in [0.25, 0.3) is 0 Å². The third kappa shape index (κ3) is 122. The minimum atomic E-state index is -0.125. The van der Waals surface area contributed by atoms with E-state index in [0.29, 0.717) is 0 Å². The second-order valence-electron chi connectivity index (χ2n) is 0.447. The molecule has 0 aliphatic rings. The van der Waals surface area contributed by atoms with Crippen molar-refractivity contribution < 1.29 is 15.3 Å². The van der Waals surface area contributed by atoms with Gasteiger partial charge < -0.3 is 21.5 Å². The molecule has 4 heteroatoms. The largest absolute Gasteiger partial charge is 0.400 e. The molecule has 0 heterocycles. The number of aliphatic hydroxyl groups is 3. The van der Waals surface area contributed by atoms with Crippen molar-refractivity contribution in [3.63, 3.8) is 0 Å². The first kappa shape index (κ1) is 15.8. The van der Waals surface area contributed by atoms with Gasteiger partial charge >= 0.3 is 0 Å². The Balaban J connectivity index is -0.0000000480. The van der Waals surface area contributed by atoms with Crippen molar-refractivity contribution in [3.8, 4) is 0 Å². The quantitative estimate of drug-likeness (QED) is 0.339. The summed E-state index contributed by atoms with van der Waals surface area (Å²) in [6.07, 6.45) is 0. The lowest BCUT2D eigenvalue weighted by Crippen LogP contribution is -1.85. The standard InChI is InChI=1S/C2H6O2.CH4O.H3N/c3-1-2-4;1-2;/h3-4H,1-2H2;2H,1H3;1H3. The van der Waals surface area contributed by atoms with E-state index >= 15 is 0 Å². The number of aliphatic hydroxyl groups excluding tert-OH is 3. The maximum atomic E-state index is 7.62. The van der Waals surface area contributed by atoms with E-state index in [4.69, 9.17) is 15.3 Å². The molecular formula is C3H13NO3. The van der Waals surface area contributed by atoms with Crippen molar-refractivity contribution in [1.29, 1.82) is 0 Å². The lowest BCUT2D eigenvalue weighted by Gasteiger charge is -1.70. The Bertz CT molecular complexity index is 12.1. The summed E-state index contributed by atoms with van der Waals surface area (Å²) < 4.78 is 0. The van der Waals surface area contributed by atoms with E-state index in [-0.39, 0.29) is 19.4 Å². The van der Waals surface area contributed by atoms with Gasteiger partial charge in [0.2, 0.25) is 0 Å². The number of hydrogen-bond donors (Lipinski definition) is 4. The fraction of sp³-hybridized carbons (Fsp3) is 1.00. The molecule has 0 fully saturated rings. The minimum Gasteiger partial charge on any atom is -0.400 e. The second-order valence-corrected chi connectivity index (χ2v) is 0.447. The molecule has 0 aliphatic heterocycles. The Morgan fingerprint density at radius 1 is 1.00 bits per heavy atom. The molecule has 0 atom stereocenters. The van der Waals surface area contributed by atoms with Gasteiger partial charge in [0.15, 0.2) is 0 Å². The van der Waals surface area contributed by atoms with Gasteiger partial charge in [-0.3, -0.25) is 0 Å². The fourth-order valence-electron chi connectivity index (χ4n) is 0. The van der Waals surface area contributed by atoms with Crippen molar-refractivity contribution in [1.82, 2.24) is 6.15 Å². The first-order valence-electron chi connectivity index (χ1n) is 1.58.